The first-order valence-corrected chi connectivity index (χ1v) is 9.09. The standard InChI is InChI=1S/C21H27N3O3/c1-4-24(5-2)15-17-6-10-18(11-7-17)21(26)23-22-20(25)14-16-8-12-19(27-3)13-9-16/h6-13H,4-5,14-15H2,1-3H3,(H,22,25)(H,23,26). The molecule has 2 amide bonds. The highest BCUT2D eigenvalue weighted by Gasteiger charge is 2.09. The Bertz CT molecular complexity index is 738. The highest BCUT2D eigenvalue weighted by molar-refractivity contribution is 5.95. The molecule has 2 N–H and O–H groups in total. The van der Waals surface area contributed by atoms with E-state index < -0.39 is 0 Å². The zero-order valence-corrected chi connectivity index (χ0v) is 16.1. The molecule has 0 aliphatic heterocycles. The molecule has 0 saturated heterocycles. The zero-order chi connectivity index (χ0) is 19.6. The highest BCUT2D eigenvalue weighted by Crippen LogP contribution is 2.11. The lowest BCUT2D eigenvalue weighted by atomic mass is 10.1. The van der Waals surface area contributed by atoms with Crippen molar-refractivity contribution in [2.75, 3.05) is 20.2 Å². The second-order valence-corrected chi connectivity index (χ2v) is 6.19. The van der Waals surface area contributed by atoms with E-state index in [1.807, 2.05) is 24.3 Å². The summed E-state index contributed by atoms with van der Waals surface area (Å²) in [5.74, 6) is 0.107. The van der Waals surface area contributed by atoms with Crippen LogP contribution in [0.5, 0.6) is 5.75 Å². The Labute approximate surface area is 160 Å². The molecule has 0 aliphatic rings. The van der Waals surface area contributed by atoms with Gasteiger partial charge < -0.3 is 4.74 Å². The van der Waals surface area contributed by atoms with Crippen molar-refractivity contribution in [3.63, 3.8) is 0 Å². The van der Waals surface area contributed by atoms with Crippen molar-refractivity contribution in [2.24, 2.45) is 0 Å². The van der Waals surface area contributed by atoms with Crippen LogP contribution in [0.3, 0.4) is 0 Å². The van der Waals surface area contributed by atoms with Crippen LogP contribution in [0.25, 0.3) is 0 Å². The van der Waals surface area contributed by atoms with E-state index in [1.54, 1.807) is 31.4 Å². The summed E-state index contributed by atoms with van der Waals surface area (Å²) in [6.45, 7) is 7.07. The van der Waals surface area contributed by atoms with Crippen molar-refractivity contribution >= 4 is 11.8 Å². The first kappa shape index (κ1) is 20.5. The Morgan fingerprint density at radius 2 is 1.48 bits per heavy atom. The van der Waals surface area contributed by atoms with Crippen LogP contribution in [0.15, 0.2) is 48.5 Å². The maximum Gasteiger partial charge on any atom is 0.269 e. The number of hydrogen-bond donors (Lipinski definition) is 2. The zero-order valence-electron chi connectivity index (χ0n) is 16.1. The van der Waals surface area contributed by atoms with Gasteiger partial charge in [-0.05, 0) is 48.5 Å². The smallest absolute Gasteiger partial charge is 0.269 e. The van der Waals surface area contributed by atoms with E-state index in [0.717, 1.165) is 36.5 Å². The third kappa shape index (κ3) is 6.42. The molecule has 2 rings (SSSR count). The van der Waals surface area contributed by atoms with Crippen molar-refractivity contribution < 1.29 is 14.3 Å². The SMILES string of the molecule is CCN(CC)Cc1ccc(C(=O)NNC(=O)Cc2ccc(OC)cc2)cc1. The third-order valence-electron chi connectivity index (χ3n) is 4.36. The molecule has 0 spiro atoms. The molecule has 0 saturated carbocycles. The van der Waals surface area contributed by atoms with E-state index in [1.165, 1.54) is 0 Å². The fourth-order valence-corrected chi connectivity index (χ4v) is 2.64. The van der Waals surface area contributed by atoms with Crippen molar-refractivity contribution in [1.82, 2.24) is 15.8 Å². The van der Waals surface area contributed by atoms with Gasteiger partial charge in [-0.25, -0.2) is 0 Å². The number of carbonyl (C=O) groups excluding carboxylic acids is 2. The minimum absolute atomic E-state index is 0.174. The normalized spacial score (nSPS) is 10.5. The molecule has 0 heterocycles. The van der Waals surface area contributed by atoms with Crippen LogP contribution < -0.4 is 15.6 Å². The van der Waals surface area contributed by atoms with Gasteiger partial charge in [0.2, 0.25) is 5.91 Å². The summed E-state index contributed by atoms with van der Waals surface area (Å²) in [6.07, 6.45) is 0.174. The van der Waals surface area contributed by atoms with Crippen LogP contribution in [-0.2, 0) is 17.8 Å². The van der Waals surface area contributed by atoms with Crippen LogP contribution >= 0.6 is 0 Å². The molecule has 27 heavy (non-hydrogen) atoms. The number of rotatable bonds is 8. The predicted molar refractivity (Wildman–Crippen MR) is 105 cm³/mol. The van der Waals surface area contributed by atoms with Gasteiger partial charge in [0.15, 0.2) is 0 Å². The van der Waals surface area contributed by atoms with Crippen LogP contribution in [0.1, 0.15) is 35.3 Å². The summed E-state index contributed by atoms with van der Waals surface area (Å²) in [5.41, 5.74) is 7.39. The van der Waals surface area contributed by atoms with Crippen molar-refractivity contribution in [1.29, 1.82) is 0 Å². The molecule has 0 aliphatic carbocycles. The van der Waals surface area contributed by atoms with Crippen LogP contribution in [0.2, 0.25) is 0 Å². The number of carbonyl (C=O) groups is 2. The molecule has 0 fully saturated rings. The molecule has 0 unspecified atom stereocenters. The van der Waals surface area contributed by atoms with Gasteiger partial charge in [-0.15, -0.1) is 0 Å². The summed E-state index contributed by atoms with van der Waals surface area (Å²) in [5, 5.41) is 0. The van der Waals surface area contributed by atoms with Gasteiger partial charge >= 0.3 is 0 Å². The van der Waals surface area contributed by atoms with Gasteiger partial charge in [0.1, 0.15) is 5.75 Å². The average molecular weight is 369 g/mol. The molecule has 2 aromatic rings. The number of ether oxygens (including phenoxy) is 1. The van der Waals surface area contributed by atoms with E-state index in [4.69, 9.17) is 4.74 Å². The van der Waals surface area contributed by atoms with Gasteiger partial charge in [-0.3, -0.25) is 25.3 Å². The minimum Gasteiger partial charge on any atom is -0.497 e. The topological polar surface area (TPSA) is 70.7 Å². The second-order valence-electron chi connectivity index (χ2n) is 6.19. The Balaban J connectivity index is 1.82. The maximum atomic E-state index is 12.2. The average Bonchev–Trinajstić information content (AvgIpc) is 2.71. The van der Waals surface area contributed by atoms with Crippen molar-refractivity contribution in [2.45, 2.75) is 26.8 Å². The summed E-state index contributed by atoms with van der Waals surface area (Å²) >= 11 is 0. The molecule has 0 aromatic heterocycles. The van der Waals surface area contributed by atoms with Crippen LogP contribution in [-0.4, -0.2) is 36.9 Å². The fourth-order valence-electron chi connectivity index (χ4n) is 2.64. The van der Waals surface area contributed by atoms with Gasteiger partial charge in [0.25, 0.3) is 5.91 Å². The number of hydrazine groups is 1. The first-order valence-electron chi connectivity index (χ1n) is 9.09. The van der Waals surface area contributed by atoms with E-state index in [2.05, 4.69) is 29.6 Å². The summed E-state index contributed by atoms with van der Waals surface area (Å²) in [4.78, 5) is 26.5. The Morgan fingerprint density at radius 1 is 0.889 bits per heavy atom. The van der Waals surface area contributed by atoms with E-state index in [-0.39, 0.29) is 18.2 Å². The third-order valence-corrected chi connectivity index (χ3v) is 4.36. The number of methoxy groups -OCH3 is 1. The monoisotopic (exact) mass is 369 g/mol. The summed E-state index contributed by atoms with van der Waals surface area (Å²) in [6, 6.07) is 14.6. The van der Waals surface area contributed by atoms with Crippen LogP contribution in [0.4, 0.5) is 0 Å². The predicted octanol–water partition coefficient (Wildman–Crippen LogP) is 2.54. The highest BCUT2D eigenvalue weighted by atomic mass is 16.5. The Kier molecular flexibility index (Phi) is 7.82. The molecule has 6 nitrogen and oxygen atoms in total. The van der Waals surface area contributed by atoms with E-state index >= 15 is 0 Å². The van der Waals surface area contributed by atoms with Gasteiger partial charge in [0.05, 0.1) is 13.5 Å². The maximum absolute atomic E-state index is 12.2. The fraction of sp³-hybridized carbons (Fsp3) is 0.333. The van der Waals surface area contributed by atoms with E-state index in [0.29, 0.717) is 5.56 Å². The van der Waals surface area contributed by atoms with Gasteiger partial charge in [-0.2, -0.15) is 0 Å². The van der Waals surface area contributed by atoms with Crippen molar-refractivity contribution in [3.05, 3.63) is 65.2 Å². The lowest BCUT2D eigenvalue weighted by molar-refractivity contribution is -0.121. The number of benzene rings is 2. The Morgan fingerprint density at radius 3 is 2.04 bits per heavy atom. The largest absolute Gasteiger partial charge is 0.497 e. The lowest BCUT2D eigenvalue weighted by Crippen LogP contribution is -2.42. The summed E-state index contributed by atoms with van der Waals surface area (Å²) in [7, 11) is 1.59. The molecule has 144 valence electrons. The van der Waals surface area contributed by atoms with Gasteiger partial charge in [0, 0.05) is 12.1 Å². The first-order chi connectivity index (χ1) is 13.0. The quantitative estimate of drug-likeness (QED) is 0.702. The van der Waals surface area contributed by atoms with E-state index in [9.17, 15) is 9.59 Å². The molecule has 0 atom stereocenters. The van der Waals surface area contributed by atoms with Gasteiger partial charge in [-0.1, -0.05) is 38.1 Å². The van der Waals surface area contributed by atoms with Crippen molar-refractivity contribution in [3.8, 4) is 5.75 Å². The number of amides is 2. The number of hydrogen-bond acceptors (Lipinski definition) is 4. The molecule has 0 radical (unpaired) electrons. The number of nitrogens with one attached hydrogen (secondary N) is 2. The minimum atomic E-state index is -0.340. The lowest BCUT2D eigenvalue weighted by Gasteiger charge is -2.18. The van der Waals surface area contributed by atoms with Crippen LogP contribution in [0, 0.1) is 0 Å². The molecular formula is C21H27N3O3. The molecule has 6 heteroatoms. The number of nitrogens with zero attached hydrogens (tertiary/aromatic N) is 1. The molecular weight excluding hydrogens is 342 g/mol. The second kappa shape index (κ2) is 10.3. The Hall–Kier alpha value is -2.86. The molecule has 2 aromatic carbocycles. The summed E-state index contributed by atoms with van der Waals surface area (Å²) < 4.78 is 5.08. The molecule has 0 bridgehead atoms.